The van der Waals surface area contributed by atoms with E-state index >= 15 is 0 Å². The predicted molar refractivity (Wildman–Crippen MR) is 120 cm³/mol. The fourth-order valence-electron chi connectivity index (χ4n) is 4.04. The molecule has 0 saturated heterocycles. The van der Waals surface area contributed by atoms with Gasteiger partial charge in [-0.05, 0) is 49.1 Å². The molecule has 1 aliphatic rings. The van der Waals surface area contributed by atoms with Crippen molar-refractivity contribution >= 4 is 27.3 Å². The maximum absolute atomic E-state index is 12.9. The summed E-state index contributed by atoms with van der Waals surface area (Å²) in [6.45, 7) is 1.89. The molecule has 0 aliphatic heterocycles. The van der Waals surface area contributed by atoms with Crippen LogP contribution in [0.5, 0.6) is 5.75 Å². The zero-order chi connectivity index (χ0) is 24.2. The van der Waals surface area contributed by atoms with E-state index in [4.69, 9.17) is 4.74 Å². The van der Waals surface area contributed by atoms with Crippen LogP contribution in [0.3, 0.4) is 0 Å². The van der Waals surface area contributed by atoms with Crippen molar-refractivity contribution < 1.29 is 31.1 Å². The third-order valence-corrected chi connectivity index (χ3v) is 7.35. The topological polar surface area (TPSA) is 84.5 Å². The third-order valence-electron chi connectivity index (χ3n) is 5.93. The number of rotatable bonds is 7. The molecule has 1 aliphatic carbocycles. The van der Waals surface area contributed by atoms with Gasteiger partial charge in [0.25, 0.3) is 10.0 Å². The highest BCUT2D eigenvalue weighted by Crippen LogP contribution is 2.34. The first-order valence-corrected chi connectivity index (χ1v) is 12.2. The molecule has 180 valence electrons. The summed E-state index contributed by atoms with van der Waals surface area (Å²) in [7, 11) is -2.98. The lowest BCUT2D eigenvalue weighted by atomic mass is 9.80. The van der Waals surface area contributed by atoms with E-state index in [9.17, 15) is 26.4 Å². The molecule has 1 amide bonds. The van der Waals surface area contributed by atoms with Gasteiger partial charge in [-0.2, -0.15) is 13.2 Å². The summed E-state index contributed by atoms with van der Waals surface area (Å²) in [6.07, 6.45) is 0.829. The van der Waals surface area contributed by atoms with E-state index in [1.807, 2.05) is 6.92 Å². The Bertz CT molecular complexity index is 1100. The van der Waals surface area contributed by atoms with Crippen LogP contribution in [0.2, 0.25) is 0 Å². The Labute approximate surface area is 191 Å². The number of methoxy groups -OCH3 is 1. The highest BCUT2D eigenvalue weighted by Gasteiger charge is 2.31. The van der Waals surface area contributed by atoms with Gasteiger partial charge in [0.15, 0.2) is 0 Å². The molecule has 0 heterocycles. The number of amides is 1. The van der Waals surface area contributed by atoms with Crippen molar-refractivity contribution in [1.29, 1.82) is 0 Å². The summed E-state index contributed by atoms with van der Waals surface area (Å²) in [5, 5.41) is 2.81. The van der Waals surface area contributed by atoms with Crippen LogP contribution in [-0.4, -0.2) is 21.4 Å². The molecule has 0 aromatic heterocycles. The average molecular weight is 485 g/mol. The molecule has 2 aromatic carbocycles. The van der Waals surface area contributed by atoms with Crippen LogP contribution in [0.4, 0.5) is 24.5 Å². The van der Waals surface area contributed by atoms with Gasteiger partial charge in [0.2, 0.25) is 5.91 Å². The molecule has 0 radical (unpaired) electrons. The fourth-order valence-corrected chi connectivity index (χ4v) is 5.24. The van der Waals surface area contributed by atoms with Crippen LogP contribution in [0, 0.1) is 11.8 Å². The molecule has 3 rings (SSSR count). The molecule has 0 bridgehead atoms. The number of ether oxygens (including phenoxy) is 1. The summed E-state index contributed by atoms with van der Waals surface area (Å²) >= 11 is 0. The Balaban J connectivity index is 1.78. The highest BCUT2D eigenvalue weighted by atomic mass is 32.2. The number of carbonyl (C=O) groups is 1. The molecule has 33 heavy (non-hydrogen) atoms. The van der Waals surface area contributed by atoms with Crippen molar-refractivity contribution in [2.45, 2.75) is 50.1 Å². The van der Waals surface area contributed by atoms with Crippen LogP contribution >= 0.6 is 0 Å². The number of hydrogen-bond donors (Lipinski definition) is 2. The van der Waals surface area contributed by atoms with Gasteiger partial charge in [0.1, 0.15) is 10.6 Å². The summed E-state index contributed by atoms with van der Waals surface area (Å²) in [5.41, 5.74) is -0.831. The first-order chi connectivity index (χ1) is 15.5. The number of sulfonamides is 1. The van der Waals surface area contributed by atoms with Gasteiger partial charge < -0.3 is 10.1 Å². The number of benzene rings is 2. The monoisotopic (exact) mass is 484 g/mol. The quantitative estimate of drug-likeness (QED) is 0.530. The second-order valence-corrected chi connectivity index (χ2v) is 9.88. The van der Waals surface area contributed by atoms with Gasteiger partial charge in [-0.25, -0.2) is 8.42 Å². The Kier molecular flexibility index (Phi) is 7.56. The van der Waals surface area contributed by atoms with Gasteiger partial charge in [-0.15, -0.1) is 0 Å². The lowest BCUT2D eigenvalue weighted by molar-refractivity contribution is -0.137. The van der Waals surface area contributed by atoms with Crippen LogP contribution in [0.1, 0.15) is 44.6 Å². The largest absolute Gasteiger partial charge is 0.495 e. The Hall–Kier alpha value is -2.75. The molecule has 2 aromatic rings. The molecule has 2 N–H and O–H groups in total. The minimum atomic E-state index is -4.60. The Morgan fingerprint density at radius 1 is 1.06 bits per heavy atom. The van der Waals surface area contributed by atoms with E-state index in [0.717, 1.165) is 37.8 Å². The molecule has 1 atom stereocenters. The van der Waals surface area contributed by atoms with E-state index in [2.05, 4.69) is 10.0 Å². The van der Waals surface area contributed by atoms with Crippen LogP contribution in [-0.2, 0) is 21.0 Å². The van der Waals surface area contributed by atoms with Gasteiger partial charge in [0.05, 0.1) is 12.7 Å². The molecular weight excluding hydrogens is 457 g/mol. The van der Waals surface area contributed by atoms with Crippen molar-refractivity contribution in [3.05, 3.63) is 48.0 Å². The second kappa shape index (κ2) is 10.0. The van der Waals surface area contributed by atoms with E-state index in [-0.39, 0.29) is 28.2 Å². The molecule has 1 saturated carbocycles. The number of nitrogens with one attached hydrogen (secondary N) is 2. The first kappa shape index (κ1) is 24.9. The fraction of sp³-hybridized carbons (Fsp3) is 0.435. The maximum atomic E-state index is 12.9. The van der Waals surface area contributed by atoms with Gasteiger partial charge in [-0.3, -0.25) is 9.52 Å². The summed E-state index contributed by atoms with van der Waals surface area (Å²) in [4.78, 5) is 12.4. The van der Waals surface area contributed by atoms with Gasteiger partial charge in [0, 0.05) is 23.4 Å². The van der Waals surface area contributed by atoms with Crippen molar-refractivity contribution in [3.8, 4) is 5.75 Å². The standard InChI is InChI=1S/C23H27F3N2O4S/c1-15(16-7-4-3-5-8-16)22(29)27-18-11-12-21(20(14-18)32-2)33(30,31)28-19-10-6-9-17(13-19)23(24,25)26/h6,9-16,28H,3-5,7-8H2,1-2H3,(H,27,29). The van der Waals surface area contributed by atoms with E-state index < -0.39 is 21.8 Å². The molecule has 1 fully saturated rings. The Morgan fingerprint density at radius 3 is 2.39 bits per heavy atom. The third kappa shape index (κ3) is 6.19. The predicted octanol–water partition coefficient (Wildman–Crippen LogP) is 5.67. The van der Waals surface area contributed by atoms with Gasteiger partial charge >= 0.3 is 6.18 Å². The maximum Gasteiger partial charge on any atom is 0.416 e. The molecule has 0 spiro atoms. The first-order valence-electron chi connectivity index (χ1n) is 10.7. The Morgan fingerprint density at radius 2 is 1.76 bits per heavy atom. The van der Waals surface area contributed by atoms with Crippen LogP contribution in [0.15, 0.2) is 47.4 Å². The van der Waals surface area contributed by atoms with Crippen LogP contribution < -0.4 is 14.8 Å². The van der Waals surface area contributed by atoms with Gasteiger partial charge in [-0.1, -0.05) is 32.3 Å². The highest BCUT2D eigenvalue weighted by molar-refractivity contribution is 7.92. The zero-order valence-corrected chi connectivity index (χ0v) is 19.2. The van der Waals surface area contributed by atoms with E-state index in [1.54, 1.807) is 0 Å². The zero-order valence-electron chi connectivity index (χ0n) is 18.4. The van der Waals surface area contributed by atoms with E-state index in [0.29, 0.717) is 17.7 Å². The van der Waals surface area contributed by atoms with Crippen LogP contribution in [0.25, 0.3) is 0 Å². The average Bonchev–Trinajstić information content (AvgIpc) is 2.78. The summed E-state index contributed by atoms with van der Waals surface area (Å²) < 4.78 is 71.8. The minimum absolute atomic E-state index is 0.0439. The van der Waals surface area contributed by atoms with Crippen molar-refractivity contribution in [3.63, 3.8) is 0 Å². The lowest BCUT2D eigenvalue weighted by Crippen LogP contribution is -2.28. The number of anilines is 2. The smallest absolute Gasteiger partial charge is 0.416 e. The van der Waals surface area contributed by atoms with Crippen molar-refractivity contribution in [1.82, 2.24) is 0 Å². The van der Waals surface area contributed by atoms with Crippen molar-refractivity contribution in [2.75, 3.05) is 17.1 Å². The number of hydrogen-bond acceptors (Lipinski definition) is 4. The number of carbonyl (C=O) groups excluding carboxylic acids is 1. The molecule has 1 unspecified atom stereocenters. The minimum Gasteiger partial charge on any atom is -0.495 e. The summed E-state index contributed by atoms with van der Waals surface area (Å²) in [6, 6.07) is 7.95. The number of halogens is 3. The lowest BCUT2D eigenvalue weighted by Gasteiger charge is -2.26. The van der Waals surface area contributed by atoms with E-state index in [1.165, 1.54) is 37.8 Å². The SMILES string of the molecule is COc1cc(NC(=O)C(C)C2CCCCC2)ccc1S(=O)(=O)Nc1cccc(C(F)(F)F)c1. The van der Waals surface area contributed by atoms with Crippen molar-refractivity contribution in [2.24, 2.45) is 11.8 Å². The second-order valence-electron chi connectivity index (χ2n) is 8.23. The molecule has 10 heteroatoms. The molecule has 6 nitrogen and oxygen atoms in total. The normalized spacial score (nSPS) is 16.2. The molecular formula is C23H27F3N2O4S. The number of alkyl halides is 3. The summed E-state index contributed by atoms with van der Waals surface area (Å²) in [5.74, 6) is -0.0570.